The SMILES string of the molecule is FC(F)(F)c1cccc(-n2nnc3cnc(Nc4ccc(N5CCCCC5)cc4)nc32)c1. The highest BCUT2D eigenvalue weighted by atomic mass is 19.4. The molecular formula is C22H20F3N7. The van der Waals surface area contributed by atoms with Gasteiger partial charge in [0.15, 0.2) is 11.2 Å². The predicted octanol–water partition coefficient (Wildman–Crippen LogP) is 4.96. The minimum absolute atomic E-state index is 0.220. The second-order valence-corrected chi connectivity index (χ2v) is 7.67. The van der Waals surface area contributed by atoms with Gasteiger partial charge < -0.3 is 10.2 Å². The van der Waals surface area contributed by atoms with Gasteiger partial charge in [-0.15, -0.1) is 5.10 Å². The van der Waals surface area contributed by atoms with Gasteiger partial charge in [0.1, 0.15) is 0 Å². The normalized spacial score (nSPS) is 14.7. The smallest absolute Gasteiger partial charge is 0.372 e. The standard InChI is InChI=1S/C22H20F3N7/c23-22(24,25)15-5-4-6-18(13-15)32-20-19(29-30-32)14-26-21(28-20)27-16-7-9-17(10-8-16)31-11-2-1-3-12-31/h4-10,13-14H,1-3,11-12H2,(H,26,27,28). The summed E-state index contributed by atoms with van der Waals surface area (Å²) < 4.78 is 40.6. The van der Waals surface area contributed by atoms with Crippen molar-refractivity contribution in [1.29, 1.82) is 0 Å². The molecule has 0 radical (unpaired) electrons. The number of nitrogens with one attached hydrogen (secondary N) is 1. The summed E-state index contributed by atoms with van der Waals surface area (Å²) in [6.07, 6.45) is 0.739. The number of aromatic nitrogens is 5. The van der Waals surface area contributed by atoms with Crippen LogP contribution in [0.4, 0.5) is 30.5 Å². The van der Waals surface area contributed by atoms with Crippen molar-refractivity contribution in [2.24, 2.45) is 0 Å². The molecule has 0 saturated carbocycles. The van der Waals surface area contributed by atoms with Crippen LogP contribution in [0.1, 0.15) is 24.8 Å². The fraction of sp³-hybridized carbons (Fsp3) is 0.273. The monoisotopic (exact) mass is 439 g/mol. The van der Waals surface area contributed by atoms with Crippen LogP contribution in [0.3, 0.4) is 0 Å². The van der Waals surface area contributed by atoms with Crippen molar-refractivity contribution in [3.63, 3.8) is 0 Å². The highest BCUT2D eigenvalue weighted by Gasteiger charge is 2.30. The van der Waals surface area contributed by atoms with Crippen molar-refractivity contribution >= 4 is 28.5 Å². The average Bonchev–Trinajstić information content (AvgIpc) is 3.23. The van der Waals surface area contributed by atoms with E-state index in [2.05, 4.69) is 42.6 Å². The molecule has 0 aliphatic carbocycles. The van der Waals surface area contributed by atoms with E-state index in [-0.39, 0.29) is 5.69 Å². The van der Waals surface area contributed by atoms with Crippen LogP contribution in [-0.4, -0.2) is 38.1 Å². The number of piperidine rings is 1. The number of nitrogens with zero attached hydrogens (tertiary/aromatic N) is 6. The largest absolute Gasteiger partial charge is 0.416 e. The summed E-state index contributed by atoms with van der Waals surface area (Å²) in [6, 6.07) is 12.9. The Labute approximate surface area is 181 Å². The minimum Gasteiger partial charge on any atom is -0.372 e. The van der Waals surface area contributed by atoms with Gasteiger partial charge in [0.25, 0.3) is 0 Å². The van der Waals surface area contributed by atoms with E-state index >= 15 is 0 Å². The molecular weight excluding hydrogens is 419 g/mol. The Kier molecular flexibility index (Phi) is 5.12. The Morgan fingerprint density at radius 3 is 2.44 bits per heavy atom. The number of hydrogen-bond acceptors (Lipinski definition) is 6. The molecule has 32 heavy (non-hydrogen) atoms. The van der Waals surface area contributed by atoms with Gasteiger partial charge in [0, 0.05) is 24.5 Å². The van der Waals surface area contributed by atoms with Gasteiger partial charge in [-0.2, -0.15) is 22.8 Å². The molecule has 0 bridgehead atoms. The lowest BCUT2D eigenvalue weighted by molar-refractivity contribution is -0.137. The molecule has 1 fully saturated rings. The van der Waals surface area contributed by atoms with Crippen LogP contribution in [0, 0.1) is 0 Å². The number of rotatable bonds is 4. The summed E-state index contributed by atoms with van der Waals surface area (Å²) >= 11 is 0. The summed E-state index contributed by atoms with van der Waals surface area (Å²) in [4.78, 5) is 11.1. The van der Waals surface area contributed by atoms with Crippen LogP contribution < -0.4 is 10.2 Å². The van der Waals surface area contributed by atoms with Crippen LogP contribution in [0.15, 0.2) is 54.7 Å². The molecule has 1 aliphatic heterocycles. The van der Waals surface area contributed by atoms with Crippen molar-refractivity contribution in [1.82, 2.24) is 25.0 Å². The molecule has 3 heterocycles. The lowest BCUT2D eigenvalue weighted by Crippen LogP contribution is -2.29. The molecule has 10 heteroatoms. The molecule has 4 aromatic rings. The van der Waals surface area contributed by atoms with E-state index < -0.39 is 11.7 Å². The zero-order valence-electron chi connectivity index (χ0n) is 17.0. The van der Waals surface area contributed by atoms with Gasteiger partial charge in [-0.1, -0.05) is 11.3 Å². The topological polar surface area (TPSA) is 71.8 Å². The molecule has 7 nitrogen and oxygen atoms in total. The van der Waals surface area contributed by atoms with Crippen molar-refractivity contribution in [3.05, 3.63) is 60.3 Å². The number of fused-ring (bicyclic) bond motifs is 1. The summed E-state index contributed by atoms with van der Waals surface area (Å²) in [5.74, 6) is 0.304. The zero-order valence-corrected chi connectivity index (χ0v) is 17.0. The molecule has 0 atom stereocenters. The first kappa shape index (κ1) is 20.2. The molecule has 0 unspecified atom stereocenters. The van der Waals surface area contributed by atoms with Gasteiger partial charge in [0.2, 0.25) is 5.95 Å². The fourth-order valence-electron chi connectivity index (χ4n) is 3.81. The third-order valence-corrected chi connectivity index (χ3v) is 5.46. The third kappa shape index (κ3) is 4.08. The molecule has 5 rings (SSSR count). The van der Waals surface area contributed by atoms with Gasteiger partial charge >= 0.3 is 6.18 Å². The van der Waals surface area contributed by atoms with E-state index in [9.17, 15) is 13.2 Å². The maximum atomic E-state index is 13.1. The zero-order chi connectivity index (χ0) is 22.1. The highest BCUT2D eigenvalue weighted by molar-refractivity contribution is 5.73. The molecule has 164 valence electrons. The summed E-state index contributed by atoms with van der Waals surface area (Å²) in [5.41, 5.74) is 2.14. The predicted molar refractivity (Wildman–Crippen MR) is 115 cm³/mol. The fourth-order valence-corrected chi connectivity index (χ4v) is 3.81. The van der Waals surface area contributed by atoms with Crippen molar-refractivity contribution < 1.29 is 13.2 Å². The Bertz CT molecular complexity index is 1230. The van der Waals surface area contributed by atoms with Crippen molar-refractivity contribution in [3.8, 4) is 5.69 Å². The number of halogens is 3. The minimum atomic E-state index is -4.45. The third-order valence-electron chi connectivity index (χ3n) is 5.46. The average molecular weight is 439 g/mol. The molecule has 2 aromatic carbocycles. The number of hydrogen-bond donors (Lipinski definition) is 1. The van der Waals surface area contributed by atoms with Crippen LogP contribution >= 0.6 is 0 Å². The number of anilines is 3. The first-order chi connectivity index (χ1) is 15.5. The van der Waals surface area contributed by atoms with E-state index in [0.717, 1.165) is 30.9 Å². The van der Waals surface area contributed by atoms with Gasteiger partial charge in [-0.3, -0.25) is 0 Å². The second kappa shape index (κ2) is 8.10. The molecule has 1 N–H and O–H groups in total. The quantitative estimate of drug-likeness (QED) is 0.485. The van der Waals surface area contributed by atoms with Crippen LogP contribution in [-0.2, 0) is 6.18 Å². The Hall–Kier alpha value is -3.69. The van der Waals surface area contributed by atoms with Crippen LogP contribution in [0.5, 0.6) is 0 Å². The number of benzene rings is 2. The molecule has 2 aromatic heterocycles. The van der Waals surface area contributed by atoms with Crippen molar-refractivity contribution in [2.45, 2.75) is 25.4 Å². The van der Waals surface area contributed by atoms with E-state index in [1.165, 1.54) is 48.0 Å². The Balaban J connectivity index is 1.40. The Morgan fingerprint density at radius 1 is 0.906 bits per heavy atom. The van der Waals surface area contributed by atoms with Crippen molar-refractivity contribution in [2.75, 3.05) is 23.3 Å². The first-order valence-corrected chi connectivity index (χ1v) is 10.4. The summed E-state index contributed by atoms with van der Waals surface area (Å²) in [7, 11) is 0. The summed E-state index contributed by atoms with van der Waals surface area (Å²) in [6.45, 7) is 2.14. The second-order valence-electron chi connectivity index (χ2n) is 7.67. The van der Waals surface area contributed by atoms with E-state index in [1.807, 2.05) is 12.1 Å². The highest BCUT2D eigenvalue weighted by Crippen LogP contribution is 2.30. The molecule has 1 saturated heterocycles. The van der Waals surface area contributed by atoms with E-state index in [4.69, 9.17) is 0 Å². The van der Waals surface area contributed by atoms with E-state index in [1.54, 1.807) is 0 Å². The van der Waals surface area contributed by atoms with Gasteiger partial charge in [-0.25, -0.2) is 4.98 Å². The molecule has 0 spiro atoms. The maximum absolute atomic E-state index is 13.1. The van der Waals surface area contributed by atoms with Crippen LogP contribution in [0.25, 0.3) is 16.9 Å². The first-order valence-electron chi connectivity index (χ1n) is 10.4. The lowest BCUT2D eigenvalue weighted by Gasteiger charge is -2.28. The summed E-state index contributed by atoms with van der Waals surface area (Å²) in [5, 5.41) is 11.1. The Morgan fingerprint density at radius 2 is 1.69 bits per heavy atom. The lowest BCUT2D eigenvalue weighted by atomic mass is 10.1. The molecule has 0 amide bonds. The van der Waals surface area contributed by atoms with Gasteiger partial charge in [-0.05, 0) is 61.7 Å². The molecule has 1 aliphatic rings. The maximum Gasteiger partial charge on any atom is 0.416 e. The van der Waals surface area contributed by atoms with E-state index in [0.29, 0.717) is 17.1 Å². The van der Waals surface area contributed by atoms with Gasteiger partial charge in [0.05, 0.1) is 17.4 Å². The number of alkyl halides is 3. The van der Waals surface area contributed by atoms with Crippen LogP contribution in [0.2, 0.25) is 0 Å².